The lowest BCUT2D eigenvalue weighted by Gasteiger charge is -2.36. The molecule has 0 N–H and O–H groups in total. The Labute approximate surface area is 183 Å². The van der Waals surface area contributed by atoms with Crippen molar-refractivity contribution in [1.82, 2.24) is 19.9 Å². The van der Waals surface area contributed by atoms with Gasteiger partial charge in [0.25, 0.3) is 0 Å². The number of nitrogens with zero attached hydrogens (tertiary/aromatic N) is 4. The average molecular weight is 417 g/mol. The van der Waals surface area contributed by atoms with Crippen molar-refractivity contribution in [1.29, 1.82) is 0 Å². The zero-order valence-corrected chi connectivity index (χ0v) is 18.3. The Morgan fingerprint density at radius 3 is 2.71 bits per heavy atom. The number of ether oxygens (including phenoxy) is 1. The summed E-state index contributed by atoms with van der Waals surface area (Å²) in [5.41, 5.74) is 4.96. The number of aromatic nitrogens is 3. The van der Waals surface area contributed by atoms with Crippen molar-refractivity contribution in [2.24, 2.45) is 0 Å². The Hall–Kier alpha value is -3.28. The van der Waals surface area contributed by atoms with E-state index in [4.69, 9.17) is 9.72 Å². The third-order valence-corrected chi connectivity index (χ3v) is 5.88. The Kier molecular flexibility index (Phi) is 6.26. The van der Waals surface area contributed by atoms with Gasteiger partial charge in [-0.2, -0.15) is 0 Å². The van der Waals surface area contributed by atoms with Gasteiger partial charge in [-0.05, 0) is 68.0 Å². The maximum absolute atomic E-state index is 13.4. The fourth-order valence-electron chi connectivity index (χ4n) is 4.34. The first-order valence-corrected chi connectivity index (χ1v) is 10.7. The summed E-state index contributed by atoms with van der Waals surface area (Å²) in [6.07, 6.45) is 8.78. The number of pyridine rings is 1. The van der Waals surface area contributed by atoms with Crippen LogP contribution in [0, 0.1) is 13.8 Å². The number of aryl methyl sites for hydroxylation is 2. The van der Waals surface area contributed by atoms with E-state index in [0.717, 1.165) is 65.3 Å². The summed E-state index contributed by atoms with van der Waals surface area (Å²) in [4.78, 5) is 28.8. The van der Waals surface area contributed by atoms with E-state index in [1.165, 1.54) is 0 Å². The predicted octanol–water partition coefficient (Wildman–Crippen LogP) is 4.46. The molecule has 6 nitrogen and oxygen atoms in total. The number of likely N-dealkylation sites (tertiary alicyclic amines) is 1. The van der Waals surface area contributed by atoms with Crippen molar-refractivity contribution in [3.05, 3.63) is 71.6 Å². The number of carbonyl (C=O) groups is 1. The molecule has 0 bridgehead atoms. The van der Waals surface area contributed by atoms with Gasteiger partial charge in [0.2, 0.25) is 5.91 Å². The minimum absolute atomic E-state index is 0.0505. The average Bonchev–Trinajstić information content (AvgIpc) is 2.80. The maximum atomic E-state index is 13.4. The van der Waals surface area contributed by atoms with E-state index in [1.807, 2.05) is 55.3 Å². The highest BCUT2D eigenvalue weighted by atomic mass is 16.5. The number of rotatable bonds is 5. The van der Waals surface area contributed by atoms with E-state index in [2.05, 4.69) is 9.97 Å². The van der Waals surface area contributed by atoms with Crippen LogP contribution in [-0.4, -0.2) is 39.4 Å². The van der Waals surface area contributed by atoms with Crippen LogP contribution in [0.25, 0.3) is 11.1 Å². The number of piperidine rings is 1. The lowest BCUT2D eigenvalue weighted by molar-refractivity contribution is -0.134. The van der Waals surface area contributed by atoms with Crippen molar-refractivity contribution >= 4 is 5.91 Å². The van der Waals surface area contributed by atoms with Gasteiger partial charge in [0, 0.05) is 30.7 Å². The summed E-state index contributed by atoms with van der Waals surface area (Å²) >= 11 is 0. The van der Waals surface area contributed by atoms with Gasteiger partial charge in [-0.1, -0.05) is 12.1 Å². The monoisotopic (exact) mass is 416 g/mol. The number of amides is 1. The van der Waals surface area contributed by atoms with Gasteiger partial charge >= 0.3 is 0 Å². The second-order valence-electron chi connectivity index (χ2n) is 8.03. The number of benzene rings is 1. The lowest BCUT2D eigenvalue weighted by Crippen LogP contribution is -2.40. The first kappa shape index (κ1) is 21.0. The first-order chi connectivity index (χ1) is 15.1. The van der Waals surface area contributed by atoms with E-state index in [-0.39, 0.29) is 11.9 Å². The third-order valence-electron chi connectivity index (χ3n) is 5.88. The molecule has 6 heteroatoms. The molecule has 1 fully saturated rings. The smallest absolute Gasteiger partial charge is 0.227 e. The molecule has 0 saturated carbocycles. The molecule has 1 aliphatic rings. The fourth-order valence-corrected chi connectivity index (χ4v) is 4.34. The van der Waals surface area contributed by atoms with Gasteiger partial charge in [-0.25, -0.2) is 9.97 Å². The molecule has 0 aliphatic carbocycles. The van der Waals surface area contributed by atoms with Crippen LogP contribution in [0.4, 0.5) is 0 Å². The Morgan fingerprint density at radius 1 is 1.16 bits per heavy atom. The van der Waals surface area contributed by atoms with E-state index < -0.39 is 0 Å². The zero-order valence-electron chi connectivity index (χ0n) is 18.3. The third kappa shape index (κ3) is 4.58. The highest BCUT2D eigenvalue weighted by Gasteiger charge is 2.31. The molecule has 160 valence electrons. The molecular formula is C25H28N4O2. The standard InChI is InChI=1S/C25H28N4O2/c1-17-14-19(7-8-23(17)31-3)15-24(30)29-13-5-4-6-22(29)25-21(16-27-18(2)28-25)20-9-11-26-12-10-20/h7-12,14,16,22H,4-6,13,15H2,1-3H3/t22-/m0/s1. The van der Waals surface area contributed by atoms with Crippen LogP contribution in [-0.2, 0) is 11.2 Å². The fraction of sp³-hybridized carbons (Fsp3) is 0.360. The molecule has 31 heavy (non-hydrogen) atoms. The summed E-state index contributed by atoms with van der Waals surface area (Å²) < 4.78 is 5.35. The normalized spacial score (nSPS) is 16.2. The molecule has 1 saturated heterocycles. The summed E-state index contributed by atoms with van der Waals surface area (Å²) in [5, 5.41) is 0. The van der Waals surface area contributed by atoms with Gasteiger partial charge in [-0.15, -0.1) is 0 Å². The molecule has 0 radical (unpaired) electrons. The van der Waals surface area contributed by atoms with Crippen molar-refractivity contribution in [2.45, 2.75) is 45.6 Å². The van der Waals surface area contributed by atoms with E-state index in [0.29, 0.717) is 6.42 Å². The molecule has 1 amide bonds. The minimum atomic E-state index is -0.0505. The van der Waals surface area contributed by atoms with Gasteiger partial charge in [0.15, 0.2) is 0 Å². The molecule has 4 rings (SSSR count). The largest absolute Gasteiger partial charge is 0.496 e. The van der Waals surface area contributed by atoms with Gasteiger partial charge in [0.1, 0.15) is 11.6 Å². The number of hydrogen-bond acceptors (Lipinski definition) is 5. The molecule has 1 aliphatic heterocycles. The van der Waals surface area contributed by atoms with Gasteiger partial charge in [-0.3, -0.25) is 9.78 Å². The number of carbonyl (C=O) groups excluding carboxylic acids is 1. The van der Waals surface area contributed by atoms with Gasteiger partial charge < -0.3 is 9.64 Å². The maximum Gasteiger partial charge on any atom is 0.227 e. The summed E-state index contributed by atoms with van der Waals surface area (Å²) in [5.74, 6) is 1.69. The van der Waals surface area contributed by atoms with Crippen LogP contribution in [0.3, 0.4) is 0 Å². The number of hydrogen-bond donors (Lipinski definition) is 0. The second-order valence-corrected chi connectivity index (χ2v) is 8.03. The van der Waals surface area contributed by atoms with Crippen LogP contribution in [0.5, 0.6) is 5.75 Å². The minimum Gasteiger partial charge on any atom is -0.496 e. The molecule has 3 heterocycles. The van der Waals surface area contributed by atoms with Crippen molar-refractivity contribution in [2.75, 3.05) is 13.7 Å². The van der Waals surface area contributed by atoms with Crippen molar-refractivity contribution in [3.63, 3.8) is 0 Å². The quantitative estimate of drug-likeness (QED) is 0.614. The van der Waals surface area contributed by atoms with Crippen molar-refractivity contribution in [3.8, 4) is 16.9 Å². The Balaban J connectivity index is 1.64. The topological polar surface area (TPSA) is 68.2 Å². The van der Waals surface area contributed by atoms with Crippen LogP contribution in [0.2, 0.25) is 0 Å². The molecule has 2 aromatic heterocycles. The highest BCUT2D eigenvalue weighted by Crippen LogP contribution is 2.36. The Morgan fingerprint density at radius 2 is 1.97 bits per heavy atom. The molecular weight excluding hydrogens is 388 g/mol. The summed E-state index contributed by atoms with van der Waals surface area (Å²) in [7, 11) is 1.66. The summed E-state index contributed by atoms with van der Waals surface area (Å²) in [6.45, 7) is 4.65. The summed E-state index contributed by atoms with van der Waals surface area (Å²) in [6, 6.07) is 9.82. The Bertz CT molecular complexity index is 1070. The van der Waals surface area contributed by atoms with Crippen molar-refractivity contribution < 1.29 is 9.53 Å². The van der Waals surface area contributed by atoms with Crippen LogP contribution < -0.4 is 4.74 Å². The van der Waals surface area contributed by atoms with E-state index in [9.17, 15) is 4.79 Å². The zero-order chi connectivity index (χ0) is 21.8. The van der Waals surface area contributed by atoms with E-state index >= 15 is 0 Å². The van der Waals surface area contributed by atoms with Gasteiger partial charge in [0.05, 0.1) is 25.3 Å². The molecule has 0 unspecified atom stereocenters. The first-order valence-electron chi connectivity index (χ1n) is 10.7. The number of methoxy groups -OCH3 is 1. The molecule has 1 aromatic carbocycles. The highest BCUT2D eigenvalue weighted by molar-refractivity contribution is 5.80. The lowest BCUT2D eigenvalue weighted by atomic mass is 9.93. The van der Waals surface area contributed by atoms with Crippen LogP contribution >= 0.6 is 0 Å². The van der Waals surface area contributed by atoms with Crippen LogP contribution in [0.15, 0.2) is 48.9 Å². The van der Waals surface area contributed by atoms with E-state index in [1.54, 1.807) is 19.5 Å². The SMILES string of the molecule is COc1ccc(CC(=O)N2CCCC[C@H]2c2nc(C)ncc2-c2ccncc2)cc1C. The second kappa shape index (κ2) is 9.25. The van der Waals surface area contributed by atoms with Crippen LogP contribution in [0.1, 0.15) is 47.9 Å². The molecule has 1 atom stereocenters. The molecule has 0 spiro atoms. The predicted molar refractivity (Wildman–Crippen MR) is 120 cm³/mol. The molecule has 3 aromatic rings.